The molecule has 0 spiro atoms. The van der Waals surface area contributed by atoms with E-state index in [4.69, 9.17) is 17.2 Å². The van der Waals surface area contributed by atoms with E-state index in [1.807, 2.05) is 0 Å². The minimum absolute atomic E-state index is 0.350. The van der Waals surface area contributed by atoms with E-state index in [1.54, 1.807) is 12.1 Å². The van der Waals surface area contributed by atoms with Crippen LogP contribution in [0.25, 0.3) is 0 Å². The molecule has 1 rings (SSSR count). The Kier molecular flexibility index (Phi) is 4.15. The van der Waals surface area contributed by atoms with Crippen molar-refractivity contribution >= 4 is 23.3 Å². The maximum Gasteiger partial charge on any atom is 0.312 e. The molecule has 0 atom stereocenters. The quantitative estimate of drug-likeness (QED) is 0.346. The van der Waals surface area contributed by atoms with Crippen LogP contribution in [0, 0.1) is 0 Å². The fourth-order valence-electron chi connectivity index (χ4n) is 1.26. The number of carbonyl (C=O) groups is 2. The average Bonchev–Trinajstić information content (AvgIpc) is 2.25. The lowest BCUT2D eigenvalue weighted by Crippen LogP contribution is -2.33. The molecule has 7 nitrogen and oxygen atoms in total. The third-order valence-corrected chi connectivity index (χ3v) is 2.08. The summed E-state index contributed by atoms with van der Waals surface area (Å²) < 4.78 is 0. The molecule has 3 amide bonds. The average molecular weight is 237 g/mol. The zero-order valence-corrected chi connectivity index (χ0v) is 9.19. The van der Waals surface area contributed by atoms with Gasteiger partial charge in [-0.2, -0.15) is 0 Å². The van der Waals surface area contributed by atoms with Gasteiger partial charge in [0.1, 0.15) is 0 Å². The molecule has 0 saturated carbocycles. The maximum atomic E-state index is 10.9. The van der Waals surface area contributed by atoms with Crippen molar-refractivity contribution in [1.82, 2.24) is 5.32 Å². The molecule has 0 aliphatic heterocycles. The fourth-order valence-corrected chi connectivity index (χ4v) is 1.26. The molecule has 0 aliphatic rings. The van der Waals surface area contributed by atoms with Crippen LogP contribution in [0.2, 0.25) is 0 Å². The van der Waals surface area contributed by atoms with Crippen molar-refractivity contribution in [1.29, 1.82) is 0 Å². The molecule has 0 bridgehead atoms. The smallest absolute Gasteiger partial charge is 0.312 e. The highest BCUT2D eigenvalue weighted by Gasteiger charge is 2.04. The Morgan fingerprint density at radius 3 is 2.41 bits per heavy atom. The predicted octanol–water partition coefficient (Wildman–Crippen LogP) is -0.552. The molecule has 0 fully saturated rings. The Hall–Kier alpha value is -2.44. The zero-order valence-electron chi connectivity index (χ0n) is 9.19. The number of rotatable bonds is 5. The Balaban J connectivity index is 2.54. The van der Waals surface area contributed by atoms with Crippen molar-refractivity contribution in [3.05, 3.63) is 23.8 Å². The molecule has 92 valence electrons. The minimum atomic E-state index is -0.580. The number of carbonyl (C=O) groups excluding carboxylic acids is 2. The van der Waals surface area contributed by atoms with Gasteiger partial charge >= 0.3 is 6.03 Å². The van der Waals surface area contributed by atoms with Gasteiger partial charge in [0.15, 0.2) is 0 Å². The lowest BCUT2D eigenvalue weighted by molar-refractivity contribution is 0.100. The van der Waals surface area contributed by atoms with Gasteiger partial charge < -0.3 is 27.8 Å². The van der Waals surface area contributed by atoms with E-state index in [-0.39, 0.29) is 0 Å². The number of hydrogen-bond donors (Lipinski definition) is 5. The lowest BCUT2D eigenvalue weighted by atomic mass is 10.1. The van der Waals surface area contributed by atoms with Gasteiger partial charge in [0.05, 0.1) is 11.4 Å². The van der Waals surface area contributed by atoms with Crippen LogP contribution in [0.3, 0.4) is 0 Å². The van der Waals surface area contributed by atoms with Crippen LogP contribution in [0.1, 0.15) is 10.4 Å². The summed E-state index contributed by atoms with van der Waals surface area (Å²) in [6.07, 6.45) is 0. The summed E-state index contributed by atoms with van der Waals surface area (Å²) in [6, 6.07) is 4.14. The second kappa shape index (κ2) is 5.59. The third kappa shape index (κ3) is 3.90. The highest BCUT2D eigenvalue weighted by atomic mass is 16.2. The fraction of sp³-hybridized carbons (Fsp3) is 0.200. The molecular weight excluding hydrogens is 222 g/mol. The lowest BCUT2D eigenvalue weighted by Gasteiger charge is -2.10. The number of nitrogen functional groups attached to an aromatic ring is 1. The highest BCUT2D eigenvalue weighted by Crippen LogP contribution is 2.19. The second-order valence-electron chi connectivity index (χ2n) is 3.38. The summed E-state index contributed by atoms with van der Waals surface area (Å²) in [5, 5.41) is 5.41. The molecule has 0 radical (unpaired) electrons. The topological polar surface area (TPSA) is 136 Å². The van der Waals surface area contributed by atoms with E-state index in [2.05, 4.69) is 10.6 Å². The van der Waals surface area contributed by atoms with Gasteiger partial charge in [0.2, 0.25) is 5.91 Å². The first-order valence-electron chi connectivity index (χ1n) is 4.97. The number of anilines is 2. The van der Waals surface area contributed by atoms with Gasteiger partial charge in [-0.1, -0.05) is 0 Å². The van der Waals surface area contributed by atoms with Crippen LogP contribution in [0.5, 0.6) is 0 Å². The number of nitrogens with two attached hydrogens (primary N) is 3. The number of primary amides is 2. The molecule has 0 unspecified atom stereocenters. The first-order valence-corrected chi connectivity index (χ1v) is 4.97. The number of hydrogen-bond acceptors (Lipinski definition) is 4. The number of urea groups is 1. The highest BCUT2D eigenvalue weighted by molar-refractivity contribution is 5.94. The Morgan fingerprint density at radius 1 is 1.18 bits per heavy atom. The molecular formula is C10H15N5O2. The van der Waals surface area contributed by atoms with E-state index in [0.29, 0.717) is 30.0 Å². The summed E-state index contributed by atoms with van der Waals surface area (Å²) in [5.74, 6) is -0.529. The van der Waals surface area contributed by atoms with Gasteiger partial charge in [-0.25, -0.2) is 4.79 Å². The van der Waals surface area contributed by atoms with Gasteiger partial charge in [0.25, 0.3) is 0 Å². The summed E-state index contributed by atoms with van der Waals surface area (Å²) >= 11 is 0. The van der Waals surface area contributed by atoms with E-state index >= 15 is 0 Å². The summed E-state index contributed by atoms with van der Waals surface area (Å²) in [4.78, 5) is 21.3. The molecule has 0 saturated heterocycles. The van der Waals surface area contributed by atoms with E-state index < -0.39 is 11.9 Å². The van der Waals surface area contributed by atoms with Crippen LogP contribution in [-0.4, -0.2) is 25.0 Å². The molecule has 0 aliphatic carbocycles. The first kappa shape index (κ1) is 12.6. The SMILES string of the molecule is NC(=O)NCCNc1ccc(C(N)=O)cc1N. The van der Waals surface area contributed by atoms with Crippen LogP contribution >= 0.6 is 0 Å². The van der Waals surface area contributed by atoms with Crippen LogP contribution < -0.4 is 27.8 Å². The summed E-state index contributed by atoms with van der Waals surface area (Å²) in [7, 11) is 0. The van der Waals surface area contributed by atoms with Crippen LogP contribution in [-0.2, 0) is 0 Å². The third-order valence-electron chi connectivity index (χ3n) is 2.08. The largest absolute Gasteiger partial charge is 0.397 e. The molecule has 7 heteroatoms. The van der Waals surface area contributed by atoms with E-state index in [0.717, 1.165) is 0 Å². The van der Waals surface area contributed by atoms with Crippen LogP contribution in [0.15, 0.2) is 18.2 Å². The normalized spacial score (nSPS) is 9.65. The van der Waals surface area contributed by atoms with E-state index in [9.17, 15) is 9.59 Å². The molecule has 8 N–H and O–H groups in total. The molecule has 0 heterocycles. The predicted molar refractivity (Wildman–Crippen MR) is 65.4 cm³/mol. The zero-order chi connectivity index (χ0) is 12.8. The van der Waals surface area contributed by atoms with Crippen molar-refractivity contribution in [2.45, 2.75) is 0 Å². The summed E-state index contributed by atoms with van der Waals surface area (Å²) in [5.41, 5.74) is 17.2. The second-order valence-corrected chi connectivity index (χ2v) is 3.38. The number of amides is 3. The Morgan fingerprint density at radius 2 is 1.88 bits per heavy atom. The van der Waals surface area contributed by atoms with Crippen molar-refractivity contribution in [2.24, 2.45) is 11.5 Å². The molecule has 1 aromatic carbocycles. The van der Waals surface area contributed by atoms with E-state index in [1.165, 1.54) is 6.07 Å². The van der Waals surface area contributed by atoms with Gasteiger partial charge in [0, 0.05) is 18.7 Å². The number of nitrogens with one attached hydrogen (secondary N) is 2. The number of benzene rings is 1. The minimum Gasteiger partial charge on any atom is -0.397 e. The van der Waals surface area contributed by atoms with Gasteiger partial charge in [-0.15, -0.1) is 0 Å². The molecule has 17 heavy (non-hydrogen) atoms. The van der Waals surface area contributed by atoms with Gasteiger partial charge in [-0.3, -0.25) is 4.79 Å². The van der Waals surface area contributed by atoms with Crippen LogP contribution in [0.4, 0.5) is 16.2 Å². The monoisotopic (exact) mass is 237 g/mol. The standard InChI is InChI=1S/C10H15N5O2/c11-7-5-6(9(12)16)1-2-8(7)14-3-4-15-10(13)17/h1-2,5,14H,3-4,11H2,(H2,12,16)(H3,13,15,17). The Labute approximate surface area is 98.3 Å². The van der Waals surface area contributed by atoms with Crippen molar-refractivity contribution in [3.63, 3.8) is 0 Å². The molecule has 0 aromatic heterocycles. The Bertz CT molecular complexity index is 433. The first-order chi connectivity index (χ1) is 8.00. The maximum absolute atomic E-state index is 10.9. The van der Waals surface area contributed by atoms with Gasteiger partial charge in [-0.05, 0) is 18.2 Å². The van der Waals surface area contributed by atoms with Crippen molar-refractivity contribution in [2.75, 3.05) is 24.1 Å². The van der Waals surface area contributed by atoms with Crippen molar-refractivity contribution in [3.8, 4) is 0 Å². The van der Waals surface area contributed by atoms with Crippen molar-refractivity contribution < 1.29 is 9.59 Å². The summed E-state index contributed by atoms with van der Waals surface area (Å²) in [6.45, 7) is 0.857. The molecule has 1 aromatic rings.